The number of rotatable bonds is 6. The van der Waals surface area contributed by atoms with Crippen LogP contribution in [0.2, 0.25) is 0 Å². The summed E-state index contributed by atoms with van der Waals surface area (Å²) in [5.74, 6) is 1.20. The summed E-state index contributed by atoms with van der Waals surface area (Å²) in [5, 5.41) is 3.94. The Balaban J connectivity index is 1.63. The van der Waals surface area contributed by atoms with Gasteiger partial charge in [0.2, 0.25) is 0 Å². The van der Waals surface area contributed by atoms with Crippen LogP contribution in [0.1, 0.15) is 46.6 Å². The van der Waals surface area contributed by atoms with Crippen LogP contribution in [-0.2, 0) is 11.3 Å². The van der Waals surface area contributed by atoms with Gasteiger partial charge in [-0.25, -0.2) is 0 Å². The molecule has 0 radical (unpaired) electrons. The van der Waals surface area contributed by atoms with Crippen LogP contribution in [-0.4, -0.2) is 42.3 Å². The Kier molecular flexibility index (Phi) is 5.93. The Hall–Kier alpha value is -2.34. The third-order valence-corrected chi connectivity index (χ3v) is 4.88. The highest BCUT2D eigenvalue weighted by Crippen LogP contribution is 2.21. The molecule has 1 aromatic carbocycles. The lowest BCUT2D eigenvalue weighted by Gasteiger charge is -2.34. The maximum absolute atomic E-state index is 12.8. The number of hydrogen-bond donors (Lipinski definition) is 0. The summed E-state index contributed by atoms with van der Waals surface area (Å²) in [6.45, 7) is 5.62. The van der Waals surface area contributed by atoms with E-state index in [2.05, 4.69) is 12.1 Å². The van der Waals surface area contributed by atoms with E-state index in [1.807, 2.05) is 30.0 Å². The van der Waals surface area contributed by atoms with E-state index in [4.69, 9.17) is 14.0 Å². The molecule has 2 heterocycles. The summed E-state index contributed by atoms with van der Waals surface area (Å²) in [7, 11) is 1.66. The van der Waals surface area contributed by atoms with Crippen LogP contribution in [0.5, 0.6) is 5.75 Å². The summed E-state index contributed by atoms with van der Waals surface area (Å²) >= 11 is 0. The minimum Gasteiger partial charge on any atom is -0.486 e. The zero-order valence-corrected chi connectivity index (χ0v) is 15.7. The molecule has 1 amide bonds. The first-order valence-corrected chi connectivity index (χ1v) is 9.04. The first-order chi connectivity index (χ1) is 12.6. The van der Waals surface area contributed by atoms with Crippen molar-refractivity contribution in [1.82, 2.24) is 10.1 Å². The summed E-state index contributed by atoms with van der Waals surface area (Å²) < 4.78 is 16.3. The maximum atomic E-state index is 12.8. The molecule has 3 rings (SSSR count). The van der Waals surface area contributed by atoms with Crippen LogP contribution in [0.25, 0.3) is 0 Å². The number of piperidine rings is 1. The van der Waals surface area contributed by atoms with Crippen molar-refractivity contribution in [2.24, 2.45) is 0 Å². The molecule has 0 spiro atoms. The third-order valence-electron chi connectivity index (χ3n) is 4.88. The van der Waals surface area contributed by atoms with Crippen LogP contribution >= 0.6 is 0 Å². The van der Waals surface area contributed by atoms with Crippen molar-refractivity contribution >= 4 is 5.91 Å². The molecule has 6 nitrogen and oxygen atoms in total. The third kappa shape index (κ3) is 4.25. The Labute approximate surface area is 154 Å². The highest BCUT2D eigenvalue weighted by molar-refractivity contribution is 5.92. The van der Waals surface area contributed by atoms with Crippen LogP contribution in [0.3, 0.4) is 0 Å². The number of carbonyl (C=O) groups excluding carboxylic acids is 1. The number of ether oxygens (including phenoxy) is 2. The number of benzene rings is 1. The van der Waals surface area contributed by atoms with Crippen molar-refractivity contribution < 1.29 is 18.8 Å². The van der Waals surface area contributed by atoms with Crippen molar-refractivity contribution in [1.29, 1.82) is 0 Å². The van der Waals surface area contributed by atoms with E-state index in [1.165, 1.54) is 11.1 Å². The SMILES string of the molecule is COC[C@H]1CCCCN1C(=O)c1cc(COc2ccc(C)c(C)c2)on1. The van der Waals surface area contributed by atoms with Gasteiger partial charge in [0.05, 0.1) is 12.6 Å². The average molecular weight is 358 g/mol. The number of amides is 1. The largest absolute Gasteiger partial charge is 0.486 e. The summed E-state index contributed by atoms with van der Waals surface area (Å²) in [4.78, 5) is 14.6. The molecule has 1 atom stereocenters. The van der Waals surface area contributed by atoms with Gasteiger partial charge in [0.15, 0.2) is 11.5 Å². The summed E-state index contributed by atoms with van der Waals surface area (Å²) in [6, 6.07) is 7.70. The fourth-order valence-electron chi connectivity index (χ4n) is 3.22. The van der Waals surface area contributed by atoms with E-state index < -0.39 is 0 Å². The van der Waals surface area contributed by atoms with Crippen molar-refractivity contribution in [3.8, 4) is 5.75 Å². The van der Waals surface area contributed by atoms with Gasteiger partial charge in [-0.3, -0.25) is 4.79 Å². The number of aromatic nitrogens is 1. The zero-order valence-electron chi connectivity index (χ0n) is 15.7. The van der Waals surface area contributed by atoms with E-state index in [0.717, 1.165) is 31.6 Å². The van der Waals surface area contributed by atoms with Crippen LogP contribution in [0.4, 0.5) is 0 Å². The van der Waals surface area contributed by atoms with Crippen molar-refractivity contribution in [3.05, 3.63) is 46.8 Å². The number of carbonyl (C=O) groups is 1. The van der Waals surface area contributed by atoms with E-state index in [9.17, 15) is 4.79 Å². The van der Waals surface area contributed by atoms with E-state index >= 15 is 0 Å². The lowest BCUT2D eigenvalue weighted by atomic mass is 10.0. The van der Waals surface area contributed by atoms with Crippen molar-refractivity contribution in [3.63, 3.8) is 0 Å². The second-order valence-corrected chi connectivity index (χ2v) is 6.82. The van der Waals surface area contributed by atoms with E-state index in [1.54, 1.807) is 13.2 Å². The molecule has 1 aliphatic heterocycles. The van der Waals surface area contributed by atoms with Gasteiger partial charge in [-0.2, -0.15) is 0 Å². The Morgan fingerprint density at radius 2 is 2.12 bits per heavy atom. The van der Waals surface area contributed by atoms with Gasteiger partial charge in [0.25, 0.3) is 5.91 Å². The number of likely N-dealkylation sites (tertiary alicyclic amines) is 1. The second kappa shape index (κ2) is 8.36. The smallest absolute Gasteiger partial charge is 0.276 e. The molecule has 0 bridgehead atoms. The number of methoxy groups -OCH3 is 1. The predicted octanol–water partition coefficient (Wildman–Crippen LogP) is 3.51. The lowest BCUT2D eigenvalue weighted by molar-refractivity contribution is 0.0419. The number of nitrogens with zero attached hydrogens (tertiary/aromatic N) is 2. The number of aryl methyl sites for hydroxylation is 2. The summed E-state index contributed by atoms with van der Waals surface area (Å²) in [5.41, 5.74) is 2.72. The van der Waals surface area contributed by atoms with Crippen LogP contribution in [0, 0.1) is 13.8 Å². The molecule has 0 N–H and O–H groups in total. The monoisotopic (exact) mass is 358 g/mol. The minimum atomic E-state index is -0.104. The zero-order chi connectivity index (χ0) is 18.5. The minimum absolute atomic E-state index is 0.104. The fraction of sp³-hybridized carbons (Fsp3) is 0.500. The molecule has 0 unspecified atom stereocenters. The quantitative estimate of drug-likeness (QED) is 0.791. The normalized spacial score (nSPS) is 17.3. The Morgan fingerprint density at radius 1 is 1.27 bits per heavy atom. The molecule has 140 valence electrons. The maximum Gasteiger partial charge on any atom is 0.276 e. The van der Waals surface area contributed by atoms with Gasteiger partial charge in [0.1, 0.15) is 12.4 Å². The predicted molar refractivity (Wildman–Crippen MR) is 97.3 cm³/mol. The molecule has 0 saturated carbocycles. The molecule has 1 saturated heterocycles. The fourth-order valence-corrected chi connectivity index (χ4v) is 3.22. The van der Waals surface area contributed by atoms with Gasteiger partial charge in [-0.05, 0) is 56.4 Å². The number of hydrogen-bond acceptors (Lipinski definition) is 5. The first kappa shape index (κ1) is 18.5. The summed E-state index contributed by atoms with van der Waals surface area (Å²) in [6.07, 6.45) is 3.08. The van der Waals surface area contributed by atoms with E-state index in [0.29, 0.717) is 18.1 Å². The molecular formula is C20H26N2O4. The van der Waals surface area contributed by atoms with Crippen molar-refractivity contribution in [2.75, 3.05) is 20.3 Å². The van der Waals surface area contributed by atoms with Crippen molar-refractivity contribution in [2.45, 2.75) is 45.8 Å². The molecule has 6 heteroatoms. The van der Waals surface area contributed by atoms with Gasteiger partial charge in [-0.15, -0.1) is 0 Å². The lowest BCUT2D eigenvalue weighted by Crippen LogP contribution is -2.46. The molecule has 1 aliphatic rings. The van der Waals surface area contributed by atoms with Crippen LogP contribution in [0.15, 0.2) is 28.8 Å². The standard InChI is InChI=1S/C20H26N2O4/c1-14-7-8-17(10-15(14)2)25-13-18-11-19(21-26-18)20(23)22-9-5-4-6-16(22)12-24-3/h7-8,10-11,16H,4-6,9,12-13H2,1-3H3/t16-/m1/s1. The molecule has 1 aromatic heterocycles. The Bertz CT molecular complexity index is 754. The molecule has 0 aliphatic carbocycles. The van der Waals surface area contributed by atoms with Crippen LogP contribution < -0.4 is 4.74 Å². The first-order valence-electron chi connectivity index (χ1n) is 9.04. The molecular weight excluding hydrogens is 332 g/mol. The van der Waals surface area contributed by atoms with Gasteiger partial charge < -0.3 is 18.9 Å². The van der Waals surface area contributed by atoms with Gasteiger partial charge >= 0.3 is 0 Å². The molecule has 26 heavy (non-hydrogen) atoms. The average Bonchev–Trinajstić information content (AvgIpc) is 3.12. The topological polar surface area (TPSA) is 64.8 Å². The van der Waals surface area contributed by atoms with E-state index in [-0.39, 0.29) is 18.6 Å². The highest BCUT2D eigenvalue weighted by Gasteiger charge is 2.29. The highest BCUT2D eigenvalue weighted by atomic mass is 16.5. The molecule has 2 aromatic rings. The van der Waals surface area contributed by atoms with Gasteiger partial charge in [-0.1, -0.05) is 11.2 Å². The van der Waals surface area contributed by atoms with Gasteiger partial charge in [0, 0.05) is 19.7 Å². The second-order valence-electron chi connectivity index (χ2n) is 6.82. The molecule has 1 fully saturated rings. The Morgan fingerprint density at radius 3 is 2.88 bits per heavy atom.